The van der Waals surface area contributed by atoms with Crippen molar-refractivity contribution in [1.82, 2.24) is 9.80 Å². The molecule has 0 radical (unpaired) electrons. The highest BCUT2D eigenvalue weighted by molar-refractivity contribution is 7.91. The van der Waals surface area contributed by atoms with E-state index in [9.17, 15) is 13.2 Å². The van der Waals surface area contributed by atoms with Crippen molar-refractivity contribution in [1.29, 1.82) is 0 Å². The molecule has 1 aliphatic heterocycles. The molecule has 1 fully saturated rings. The van der Waals surface area contributed by atoms with Gasteiger partial charge in [0, 0.05) is 26.1 Å². The van der Waals surface area contributed by atoms with Crippen molar-refractivity contribution in [3.8, 4) is 0 Å². The van der Waals surface area contributed by atoms with Crippen LogP contribution in [0, 0.1) is 6.92 Å². The van der Waals surface area contributed by atoms with Crippen LogP contribution in [0.1, 0.15) is 23.6 Å². The Morgan fingerprint density at radius 2 is 1.70 bits per heavy atom. The summed E-state index contributed by atoms with van der Waals surface area (Å²) in [6.45, 7) is 4.07. The van der Waals surface area contributed by atoms with Crippen molar-refractivity contribution in [3.05, 3.63) is 65.7 Å². The van der Waals surface area contributed by atoms with Crippen molar-refractivity contribution in [2.24, 2.45) is 0 Å². The summed E-state index contributed by atoms with van der Waals surface area (Å²) in [5, 5.41) is 0. The number of rotatable bonds is 5. The molecule has 27 heavy (non-hydrogen) atoms. The maximum atomic E-state index is 12.9. The smallest absolute Gasteiger partial charge is 0.224 e. The van der Waals surface area contributed by atoms with Gasteiger partial charge in [0.05, 0.1) is 16.7 Å². The van der Waals surface area contributed by atoms with E-state index in [1.165, 1.54) is 0 Å². The second kappa shape index (κ2) is 8.23. The summed E-state index contributed by atoms with van der Waals surface area (Å²) in [5.41, 5.74) is 2.09. The van der Waals surface area contributed by atoms with Crippen LogP contribution in [0.5, 0.6) is 0 Å². The highest BCUT2D eigenvalue weighted by atomic mass is 32.2. The molecule has 2 aromatic rings. The van der Waals surface area contributed by atoms with E-state index >= 15 is 0 Å². The minimum atomic E-state index is -3.46. The van der Waals surface area contributed by atoms with Gasteiger partial charge in [-0.1, -0.05) is 48.0 Å². The van der Waals surface area contributed by atoms with Gasteiger partial charge in [0.1, 0.15) is 0 Å². The van der Waals surface area contributed by atoms with Gasteiger partial charge in [0.2, 0.25) is 5.91 Å². The molecular weight excluding hydrogens is 360 g/mol. The first-order valence-electron chi connectivity index (χ1n) is 9.19. The molecule has 5 nitrogen and oxygen atoms in total. The van der Waals surface area contributed by atoms with Crippen molar-refractivity contribution in [3.63, 3.8) is 0 Å². The van der Waals surface area contributed by atoms with Crippen LogP contribution in [0.15, 0.2) is 59.5 Å². The number of benzene rings is 2. The van der Waals surface area contributed by atoms with Crippen molar-refractivity contribution in [2.45, 2.75) is 24.3 Å². The molecule has 0 aromatic heterocycles. The molecule has 1 amide bonds. The van der Waals surface area contributed by atoms with Crippen LogP contribution in [0.4, 0.5) is 0 Å². The fraction of sp³-hybridized carbons (Fsp3) is 0.381. The Balaban J connectivity index is 1.71. The average Bonchev–Trinajstić information content (AvgIpc) is 2.67. The SMILES string of the molecule is Cc1ccc(S(=O)(=O)CCC(=O)N2CCN(C)C[C@@H]2c2ccccc2)cc1. The number of nitrogens with zero attached hydrogens (tertiary/aromatic N) is 2. The molecule has 1 saturated heterocycles. The van der Waals surface area contributed by atoms with E-state index in [-0.39, 0.29) is 29.0 Å². The molecule has 0 aliphatic carbocycles. The third-order valence-electron chi connectivity index (χ3n) is 5.05. The number of likely N-dealkylation sites (N-methyl/N-ethyl adjacent to an activating group) is 1. The van der Waals surface area contributed by atoms with E-state index in [0.29, 0.717) is 6.54 Å². The zero-order valence-corrected chi connectivity index (χ0v) is 16.7. The van der Waals surface area contributed by atoms with E-state index in [2.05, 4.69) is 4.90 Å². The monoisotopic (exact) mass is 386 g/mol. The zero-order chi connectivity index (χ0) is 19.4. The van der Waals surface area contributed by atoms with E-state index < -0.39 is 9.84 Å². The zero-order valence-electron chi connectivity index (χ0n) is 15.8. The molecule has 0 saturated carbocycles. The molecule has 0 N–H and O–H groups in total. The second-order valence-electron chi connectivity index (χ2n) is 7.16. The summed E-state index contributed by atoms with van der Waals surface area (Å²) in [5.74, 6) is -0.268. The third kappa shape index (κ3) is 4.76. The molecule has 3 rings (SSSR count). The Labute approximate surface area is 161 Å². The number of sulfone groups is 1. The Bertz CT molecular complexity index is 879. The highest BCUT2D eigenvalue weighted by Gasteiger charge is 2.30. The number of amides is 1. The lowest BCUT2D eigenvalue weighted by Gasteiger charge is -2.40. The Morgan fingerprint density at radius 3 is 2.37 bits per heavy atom. The molecule has 144 valence electrons. The largest absolute Gasteiger partial charge is 0.333 e. The van der Waals surface area contributed by atoms with Crippen molar-refractivity contribution in [2.75, 3.05) is 32.4 Å². The van der Waals surface area contributed by atoms with Gasteiger partial charge in [-0.05, 0) is 31.7 Å². The molecule has 0 spiro atoms. The lowest BCUT2D eigenvalue weighted by atomic mass is 10.0. The number of aryl methyl sites for hydroxylation is 1. The van der Waals surface area contributed by atoms with E-state index in [1.807, 2.05) is 49.2 Å². The van der Waals surface area contributed by atoms with Gasteiger partial charge in [-0.2, -0.15) is 0 Å². The standard InChI is InChI=1S/C21H26N2O3S/c1-17-8-10-19(11-9-17)27(25,26)15-12-21(24)23-14-13-22(2)16-20(23)18-6-4-3-5-7-18/h3-11,20H,12-16H2,1-2H3/t20-/m1/s1. The van der Waals surface area contributed by atoms with Gasteiger partial charge < -0.3 is 9.80 Å². The molecular formula is C21H26N2O3S. The quantitative estimate of drug-likeness (QED) is 0.793. The molecule has 1 atom stereocenters. The molecule has 0 bridgehead atoms. The van der Waals surface area contributed by atoms with Crippen LogP contribution in [0.25, 0.3) is 0 Å². The minimum Gasteiger partial charge on any atom is -0.333 e. The lowest BCUT2D eigenvalue weighted by molar-refractivity contribution is -0.135. The normalized spacial score (nSPS) is 18.4. The first kappa shape index (κ1) is 19.6. The minimum absolute atomic E-state index is 0.00323. The van der Waals surface area contributed by atoms with Crippen LogP contribution in [-0.2, 0) is 14.6 Å². The first-order chi connectivity index (χ1) is 12.9. The number of carbonyl (C=O) groups excluding carboxylic acids is 1. The van der Waals surface area contributed by atoms with E-state index in [0.717, 1.165) is 24.2 Å². The maximum absolute atomic E-state index is 12.9. The van der Waals surface area contributed by atoms with Gasteiger partial charge in [-0.15, -0.1) is 0 Å². The number of carbonyl (C=O) groups is 1. The van der Waals surface area contributed by atoms with E-state index in [1.54, 1.807) is 24.3 Å². The highest BCUT2D eigenvalue weighted by Crippen LogP contribution is 2.26. The summed E-state index contributed by atoms with van der Waals surface area (Å²) in [6, 6.07) is 16.7. The summed E-state index contributed by atoms with van der Waals surface area (Å²) in [7, 11) is -1.42. The Kier molecular flexibility index (Phi) is 5.97. The predicted molar refractivity (Wildman–Crippen MR) is 106 cm³/mol. The summed E-state index contributed by atoms with van der Waals surface area (Å²) in [4.78, 5) is 17.2. The topological polar surface area (TPSA) is 57.7 Å². The fourth-order valence-electron chi connectivity index (χ4n) is 3.41. The molecule has 2 aromatic carbocycles. The molecule has 1 heterocycles. The maximum Gasteiger partial charge on any atom is 0.224 e. The van der Waals surface area contributed by atoms with Crippen molar-refractivity contribution < 1.29 is 13.2 Å². The Morgan fingerprint density at radius 1 is 1.04 bits per heavy atom. The summed E-state index contributed by atoms with van der Waals surface area (Å²) >= 11 is 0. The van der Waals surface area contributed by atoms with Gasteiger partial charge in [0.25, 0.3) is 0 Å². The van der Waals surface area contributed by atoms with Gasteiger partial charge in [-0.3, -0.25) is 4.79 Å². The summed E-state index contributed by atoms with van der Waals surface area (Å²) < 4.78 is 25.1. The average molecular weight is 387 g/mol. The predicted octanol–water partition coefficient (Wildman–Crippen LogP) is 2.67. The summed E-state index contributed by atoms with van der Waals surface area (Å²) in [6.07, 6.45) is 0.00323. The van der Waals surface area contributed by atoms with Crippen LogP contribution in [0.2, 0.25) is 0 Å². The number of hydrogen-bond acceptors (Lipinski definition) is 4. The van der Waals surface area contributed by atoms with Gasteiger partial charge >= 0.3 is 0 Å². The lowest BCUT2D eigenvalue weighted by Crippen LogP contribution is -2.49. The van der Waals surface area contributed by atoms with Crippen LogP contribution in [0.3, 0.4) is 0 Å². The van der Waals surface area contributed by atoms with Crippen LogP contribution in [-0.4, -0.2) is 56.6 Å². The molecule has 6 heteroatoms. The Hall–Kier alpha value is -2.18. The van der Waals surface area contributed by atoms with Gasteiger partial charge in [0.15, 0.2) is 9.84 Å². The molecule has 1 aliphatic rings. The van der Waals surface area contributed by atoms with Gasteiger partial charge in [-0.25, -0.2) is 8.42 Å². The molecule has 0 unspecified atom stereocenters. The van der Waals surface area contributed by atoms with Crippen LogP contribution < -0.4 is 0 Å². The number of hydrogen-bond donors (Lipinski definition) is 0. The second-order valence-corrected chi connectivity index (χ2v) is 9.27. The fourth-order valence-corrected chi connectivity index (χ4v) is 4.64. The van der Waals surface area contributed by atoms with Crippen LogP contribution >= 0.6 is 0 Å². The number of piperazine rings is 1. The van der Waals surface area contributed by atoms with E-state index in [4.69, 9.17) is 0 Å². The first-order valence-corrected chi connectivity index (χ1v) is 10.8. The third-order valence-corrected chi connectivity index (χ3v) is 6.78. The van der Waals surface area contributed by atoms with Crippen molar-refractivity contribution >= 4 is 15.7 Å².